The smallest absolute Gasteiger partial charge is 0.408 e. The zero-order valence-electron chi connectivity index (χ0n) is 58.9. The third-order valence-electron chi connectivity index (χ3n) is 24.5. The lowest BCUT2D eigenvalue weighted by Crippen LogP contribution is -2.82. The summed E-state index contributed by atoms with van der Waals surface area (Å²) in [5.74, 6) is -1.07. The first-order valence-corrected chi connectivity index (χ1v) is 35.0. The molecule has 8 aliphatic rings. The van der Waals surface area contributed by atoms with E-state index in [9.17, 15) is 29.4 Å². The Bertz CT molecular complexity index is 3200. The number of allylic oxidation sites excluding steroid dienone is 1. The molecule has 2 aromatic rings. The molecule has 0 aromatic heterocycles. The second kappa shape index (κ2) is 28.0. The van der Waals surface area contributed by atoms with E-state index < -0.39 is 131 Å². The fraction of sp³-hybridized carbons (Fsp3) is 0.711. The maximum absolute atomic E-state index is 16.1. The molecule has 19 heteroatoms. The average molecular weight is 1320 g/mol. The van der Waals surface area contributed by atoms with Crippen molar-refractivity contribution in [1.29, 1.82) is 0 Å². The number of alkyl carbamates (subject to hydrolysis) is 1. The minimum Gasteiger partial charge on any atom is -0.455 e. The van der Waals surface area contributed by atoms with Crippen LogP contribution in [0.25, 0.3) is 0 Å². The van der Waals surface area contributed by atoms with Crippen LogP contribution in [0.5, 0.6) is 0 Å². The SMILES string of the molecule is COC1C(=O)C2(C)C(OC)CC3OCC3(OC(C)=O)C2C(OC(O)c2ccccc2)C2(O)CC(OC(=O)C(OC(=O)CNC(=O)COC3CCC4(C)C(=CCC5C4CCC4(C)C(C(C)CCCC(C)C)CCC54)C3)C(NC(=O)OC(C)(C)C)c3ccccc3)C(C)=C1C2(C)C. The van der Waals surface area contributed by atoms with Crippen molar-refractivity contribution < 1.29 is 81.6 Å². The van der Waals surface area contributed by atoms with Gasteiger partial charge in [-0.05, 0) is 149 Å². The number of fused-ring (bicyclic) bond motifs is 10. The molecule has 19 nitrogen and oxygen atoms in total. The lowest BCUT2D eigenvalue weighted by atomic mass is 9.44. The molecule has 10 rings (SSSR count). The number of benzene rings is 2. The fourth-order valence-electron chi connectivity index (χ4n) is 19.7. The predicted molar refractivity (Wildman–Crippen MR) is 353 cm³/mol. The molecule has 2 amide bonds. The number of carbonyl (C=O) groups is 6. The van der Waals surface area contributed by atoms with E-state index in [-0.39, 0.29) is 36.7 Å². The number of esters is 3. The number of hydrogen-bond acceptors (Lipinski definition) is 17. The Balaban J connectivity index is 0.902. The van der Waals surface area contributed by atoms with Crippen LogP contribution in [0, 0.1) is 63.1 Å². The molecule has 5 saturated carbocycles. The van der Waals surface area contributed by atoms with Gasteiger partial charge in [0, 0.05) is 50.9 Å². The lowest BCUT2D eigenvalue weighted by molar-refractivity contribution is -0.363. The third-order valence-corrected chi connectivity index (χ3v) is 24.5. The molecule has 6 fully saturated rings. The van der Waals surface area contributed by atoms with E-state index in [1.807, 2.05) is 0 Å². The van der Waals surface area contributed by atoms with Crippen molar-refractivity contribution in [1.82, 2.24) is 10.6 Å². The molecule has 20 unspecified atom stereocenters. The minimum atomic E-state index is -2.28. The quantitative estimate of drug-likeness (QED) is 0.0370. The van der Waals surface area contributed by atoms with Gasteiger partial charge in [0.2, 0.25) is 12.0 Å². The van der Waals surface area contributed by atoms with Gasteiger partial charge in [0.05, 0.1) is 30.3 Å². The van der Waals surface area contributed by atoms with E-state index in [2.05, 4.69) is 51.3 Å². The van der Waals surface area contributed by atoms with E-state index in [1.54, 1.807) is 109 Å². The Hall–Kier alpha value is -5.54. The van der Waals surface area contributed by atoms with E-state index in [0.29, 0.717) is 34.0 Å². The highest BCUT2D eigenvalue weighted by Crippen LogP contribution is 2.69. The van der Waals surface area contributed by atoms with E-state index in [1.165, 1.54) is 71.7 Å². The van der Waals surface area contributed by atoms with Crippen LogP contribution in [-0.2, 0) is 66.6 Å². The van der Waals surface area contributed by atoms with Gasteiger partial charge in [-0.2, -0.15) is 0 Å². The Kier molecular flexibility index (Phi) is 21.3. The molecule has 0 spiro atoms. The number of ketones is 1. The number of nitrogens with one attached hydrogen (secondary N) is 2. The normalized spacial score (nSPS) is 35.9. The molecule has 7 aliphatic carbocycles. The largest absolute Gasteiger partial charge is 0.455 e. The van der Waals surface area contributed by atoms with Gasteiger partial charge in [0.25, 0.3) is 0 Å². The third kappa shape index (κ3) is 13.6. The van der Waals surface area contributed by atoms with Gasteiger partial charge in [0.1, 0.15) is 48.7 Å². The van der Waals surface area contributed by atoms with Crippen LogP contribution in [0.3, 0.4) is 0 Å². The fourth-order valence-corrected chi connectivity index (χ4v) is 19.7. The topological polar surface area (TPSA) is 250 Å². The number of aliphatic hydroxyl groups excluding tert-OH is 1. The molecule has 2 aromatic carbocycles. The maximum atomic E-state index is 16.1. The van der Waals surface area contributed by atoms with Crippen molar-refractivity contribution in [2.24, 2.45) is 63.1 Å². The first-order valence-electron chi connectivity index (χ1n) is 35.0. The van der Waals surface area contributed by atoms with Crippen LogP contribution in [-0.4, -0.2) is 139 Å². The molecule has 95 heavy (non-hydrogen) atoms. The van der Waals surface area contributed by atoms with Gasteiger partial charge in [-0.25, -0.2) is 9.59 Å². The van der Waals surface area contributed by atoms with Gasteiger partial charge in [0.15, 0.2) is 17.7 Å². The zero-order valence-corrected chi connectivity index (χ0v) is 58.9. The molecule has 524 valence electrons. The summed E-state index contributed by atoms with van der Waals surface area (Å²) in [7, 11) is 2.81. The summed E-state index contributed by atoms with van der Waals surface area (Å²) in [4.78, 5) is 87.1. The van der Waals surface area contributed by atoms with Crippen molar-refractivity contribution in [3.63, 3.8) is 0 Å². The highest BCUT2D eigenvalue weighted by atomic mass is 16.6. The molecule has 1 heterocycles. The predicted octanol–water partition coefficient (Wildman–Crippen LogP) is 11.5. The highest BCUT2D eigenvalue weighted by molar-refractivity contribution is 5.94. The van der Waals surface area contributed by atoms with Gasteiger partial charge in [-0.3, -0.25) is 19.2 Å². The molecule has 0 radical (unpaired) electrons. The Morgan fingerprint density at radius 1 is 0.853 bits per heavy atom. The highest BCUT2D eigenvalue weighted by Gasteiger charge is 2.78. The van der Waals surface area contributed by atoms with Crippen LogP contribution in [0.2, 0.25) is 0 Å². The molecular weight excluding hydrogens is 1210 g/mol. The second-order valence-electron chi connectivity index (χ2n) is 31.8. The Morgan fingerprint density at radius 2 is 1.54 bits per heavy atom. The van der Waals surface area contributed by atoms with Crippen LogP contribution in [0.1, 0.15) is 197 Å². The summed E-state index contributed by atoms with van der Waals surface area (Å²) in [6.45, 7) is 24.0. The van der Waals surface area contributed by atoms with Gasteiger partial charge < -0.3 is 63.5 Å². The van der Waals surface area contributed by atoms with E-state index >= 15 is 9.59 Å². The number of amides is 2. The number of methoxy groups -OCH3 is 2. The molecule has 1 aliphatic heterocycles. The number of Topliss-reactive ketones (excluding diaryl/α,β-unsaturated/α-hetero) is 1. The van der Waals surface area contributed by atoms with Gasteiger partial charge in [-0.1, -0.05) is 140 Å². The molecule has 4 N–H and O–H groups in total. The van der Waals surface area contributed by atoms with Crippen molar-refractivity contribution in [3.8, 4) is 0 Å². The maximum Gasteiger partial charge on any atom is 0.408 e. The van der Waals surface area contributed by atoms with Gasteiger partial charge >= 0.3 is 24.0 Å². The Morgan fingerprint density at radius 3 is 2.16 bits per heavy atom. The van der Waals surface area contributed by atoms with Crippen molar-refractivity contribution in [2.45, 2.75) is 245 Å². The first kappa shape index (κ1) is 72.2. The van der Waals surface area contributed by atoms with E-state index in [4.69, 9.17) is 42.6 Å². The van der Waals surface area contributed by atoms with Crippen molar-refractivity contribution in [2.75, 3.05) is 34.0 Å². The summed E-state index contributed by atoms with van der Waals surface area (Å²) in [6, 6.07) is 15.3. The zero-order chi connectivity index (χ0) is 69.0. The van der Waals surface area contributed by atoms with E-state index in [0.717, 1.165) is 49.4 Å². The lowest BCUT2D eigenvalue weighted by Gasteiger charge is -2.68. The van der Waals surface area contributed by atoms with Gasteiger partial charge in [-0.15, -0.1) is 0 Å². The first-order chi connectivity index (χ1) is 44.8. The summed E-state index contributed by atoms with van der Waals surface area (Å²) < 4.78 is 56.5. The van der Waals surface area contributed by atoms with Crippen LogP contribution >= 0.6 is 0 Å². The number of carbonyl (C=O) groups excluding carboxylic acids is 6. The molecule has 20 atom stereocenters. The standard InChI is InChI=1S/C76H108N2O17/c1-43(2)23-22-24-44(3)52-31-32-53-51-30-29-49-37-50(33-35-72(49,11)54(51)34-36-73(52,53)12)89-41-58(80)77-40-59(81)92-63(61(47-25-18-16-19-26-47)78-69(85)95-70(6,7)8)68(84)91-55-39-76(86)66(93-67(83)48-27-20-17-21-28-48)64-74(13,65(82)62(88-15)60(45(55)4)71(76,9)10)56(87-14)38-57-75(64,42-90-57)94-46(5)79/h16-21,25-29,43-44,50-57,61-64,66-67,83,86H,22-24,30-42H2,1-15H3,(H,77,80)(H,78,85). The molecular formula is C76H108N2O17. The number of hydrogen-bond donors (Lipinski definition) is 4. The van der Waals surface area contributed by atoms with Crippen molar-refractivity contribution in [3.05, 3.63) is 94.6 Å². The van der Waals surface area contributed by atoms with Crippen molar-refractivity contribution >= 4 is 35.7 Å². The second-order valence-corrected chi connectivity index (χ2v) is 31.8. The molecule has 2 bridgehead atoms. The summed E-state index contributed by atoms with van der Waals surface area (Å²) >= 11 is 0. The summed E-state index contributed by atoms with van der Waals surface area (Å²) in [5.41, 5.74) is -5.12. The number of ether oxygens (including phenoxy) is 9. The monoisotopic (exact) mass is 1320 g/mol. The van der Waals surface area contributed by atoms with Crippen LogP contribution < -0.4 is 10.6 Å². The van der Waals surface area contributed by atoms with Crippen LogP contribution in [0.15, 0.2) is 83.5 Å². The number of rotatable bonds is 22. The summed E-state index contributed by atoms with van der Waals surface area (Å²) in [5, 5.41) is 31.9. The van der Waals surface area contributed by atoms with Crippen LogP contribution in [0.4, 0.5) is 4.79 Å². The number of aliphatic hydroxyl groups is 2. The minimum absolute atomic E-state index is 0.0794. The molecule has 1 saturated heterocycles. The average Bonchev–Trinajstić information content (AvgIpc) is 1.08. The Labute approximate surface area is 562 Å². The summed E-state index contributed by atoms with van der Waals surface area (Å²) in [6.07, 6.45) is 3.59.